The molecule has 6 nitrogen and oxygen atoms in total. The standard InChI is InChI=1S/C17H14O6/c1-10(18)12-3-5-13(6-4-12)17(21)22-9-14(20)16-8-7-15(23-16)11(2)19/h3-8H,9H2,1-2H3. The summed E-state index contributed by atoms with van der Waals surface area (Å²) in [6, 6.07) is 8.65. The van der Waals surface area contributed by atoms with E-state index in [1.807, 2.05) is 0 Å². The molecule has 0 radical (unpaired) electrons. The molecule has 0 amide bonds. The van der Waals surface area contributed by atoms with Crippen molar-refractivity contribution in [1.29, 1.82) is 0 Å². The van der Waals surface area contributed by atoms with E-state index in [1.54, 1.807) is 0 Å². The quantitative estimate of drug-likeness (QED) is 0.601. The molecule has 0 saturated carbocycles. The largest absolute Gasteiger partial charge is 0.454 e. The lowest BCUT2D eigenvalue weighted by atomic mass is 10.1. The summed E-state index contributed by atoms with van der Waals surface area (Å²) >= 11 is 0. The minimum atomic E-state index is -0.688. The van der Waals surface area contributed by atoms with Crippen molar-refractivity contribution in [2.75, 3.05) is 6.61 Å². The third kappa shape index (κ3) is 4.00. The van der Waals surface area contributed by atoms with Crippen LogP contribution < -0.4 is 0 Å². The first-order valence-corrected chi connectivity index (χ1v) is 6.80. The van der Waals surface area contributed by atoms with Crippen LogP contribution in [0.25, 0.3) is 0 Å². The number of hydrogen-bond acceptors (Lipinski definition) is 6. The molecule has 0 bridgehead atoms. The van der Waals surface area contributed by atoms with Gasteiger partial charge in [-0.3, -0.25) is 14.4 Å². The number of furan rings is 1. The molecule has 1 heterocycles. The van der Waals surface area contributed by atoms with E-state index in [0.717, 1.165) is 0 Å². The minimum absolute atomic E-state index is 0.0464. The zero-order valence-corrected chi connectivity index (χ0v) is 12.6. The van der Waals surface area contributed by atoms with Gasteiger partial charge in [-0.15, -0.1) is 0 Å². The number of hydrogen-bond donors (Lipinski definition) is 0. The Morgan fingerprint density at radius 3 is 1.91 bits per heavy atom. The van der Waals surface area contributed by atoms with E-state index in [2.05, 4.69) is 0 Å². The Labute approximate surface area is 132 Å². The lowest BCUT2D eigenvalue weighted by Gasteiger charge is -2.03. The third-order valence-electron chi connectivity index (χ3n) is 3.09. The van der Waals surface area contributed by atoms with Crippen LogP contribution in [0.2, 0.25) is 0 Å². The van der Waals surface area contributed by atoms with E-state index in [9.17, 15) is 19.2 Å². The monoisotopic (exact) mass is 314 g/mol. The number of rotatable bonds is 6. The van der Waals surface area contributed by atoms with Crippen molar-refractivity contribution in [3.05, 3.63) is 59.0 Å². The molecule has 118 valence electrons. The molecule has 0 N–H and O–H groups in total. The lowest BCUT2D eigenvalue weighted by molar-refractivity contribution is 0.0467. The summed E-state index contributed by atoms with van der Waals surface area (Å²) in [5, 5.41) is 0. The van der Waals surface area contributed by atoms with Crippen LogP contribution in [-0.4, -0.2) is 29.9 Å². The lowest BCUT2D eigenvalue weighted by Crippen LogP contribution is -2.14. The fourth-order valence-electron chi connectivity index (χ4n) is 1.80. The van der Waals surface area contributed by atoms with E-state index in [-0.39, 0.29) is 28.7 Å². The van der Waals surface area contributed by atoms with Crippen LogP contribution in [0.4, 0.5) is 0 Å². The van der Waals surface area contributed by atoms with Gasteiger partial charge in [-0.05, 0) is 31.2 Å². The van der Waals surface area contributed by atoms with Crippen molar-refractivity contribution < 1.29 is 28.3 Å². The maximum Gasteiger partial charge on any atom is 0.338 e. The molecular formula is C17H14O6. The van der Waals surface area contributed by atoms with E-state index < -0.39 is 18.4 Å². The summed E-state index contributed by atoms with van der Waals surface area (Å²) in [5.41, 5.74) is 0.705. The molecule has 0 aliphatic heterocycles. The molecule has 0 saturated heterocycles. The first-order valence-electron chi connectivity index (χ1n) is 6.80. The van der Waals surface area contributed by atoms with Gasteiger partial charge in [-0.1, -0.05) is 12.1 Å². The van der Waals surface area contributed by atoms with E-state index >= 15 is 0 Å². The Bertz CT molecular complexity index is 767. The van der Waals surface area contributed by atoms with Crippen LogP contribution in [0.3, 0.4) is 0 Å². The van der Waals surface area contributed by atoms with Crippen LogP contribution in [0.5, 0.6) is 0 Å². The molecule has 6 heteroatoms. The van der Waals surface area contributed by atoms with Crippen molar-refractivity contribution >= 4 is 23.3 Å². The van der Waals surface area contributed by atoms with Crippen molar-refractivity contribution in [2.24, 2.45) is 0 Å². The normalized spacial score (nSPS) is 10.2. The molecule has 0 unspecified atom stereocenters. The molecule has 23 heavy (non-hydrogen) atoms. The summed E-state index contributed by atoms with van der Waals surface area (Å²) in [4.78, 5) is 45.9. The summed E-state index contributed by atoms with van der Waals surface area (Å²) in [6.07, 6.45) is 0. The first kappa shape index (κ1) is 16.4. The van der Waals surface area contributed by atoms with Crippen molar-refractivity contribution in [1.82, 2.24) is 0 Å². The molecule has 1 aromatic carbocycles. The first-order chi connectivity index (χ1) is 10.9. The maximum absolute atomic E-state index is 11.8. The highest BCUT2D eigenvalue weighted by molar-refractivity contribution is 5.99. The number of ether oxygens (including phenoxy) is 1. The topological polar surface area (TPSA) is 90.7 Å². The van der Waals surface area contributed by atoms with Gasteiger partial charge in [0.15, 0.2) is 29.7 Å². The van der Waals surface area contributed by atoms with E-state index in [4.69, 9.17) is 9.15 Å². The second-order valence-electron chi connectivity index (χ2n) is 4.85. The molecular weight excluding hydrogens is 300 g/mol. The van der Waals surface area contributed by atoms with Crippen LogP contribution in [0.15, 0.2) is 40.8 Å². The van der Waals surface area contributed by atoms with Gasteiger partial charge in [0.05, 0.1) is 5.56 Å². The Kier molecular flexibility index (Phi) is 4.85. The summed E-state index contributed by atoms with van der Waals surface area (Å²) in [7, 11) is 0. The van der Waals surface area contributed by atoms with Crippen LogP contribution in [0.1, 0.15) is 55.7 Å². The highest BCUT2D eigenvalue weighted by atomic mass is 16.5. The Morgan fingerprint density at radius 2 is 1.39 bits per heavy atom. The minimum Gasteiger partial charge on any atom is -0.454 e. The number of benzene rings is 1. The second-order valence-corrected chi connectivity index (χ2v) is 4.85. The van der Waals surface area contributed by atoms with E-state index in [0.29, 0.717) is 5.56 Å². The van der Waals surface area contributed by atoms with Gasteiger partial charge in [0, 0.05) is 12.5 Å². The SMILES string of the molecule is CC(=O)c1ccc(C(=O)OCC(=O)c2ccc(C(C)=O)o2)cc1. The van der Waals surface area contributed by atoms with Gasteiger partial charge in [-0.2, -0.15) is 0 Å². The molecule has 0 aliphatic rings. The fraction of sp³-hybridized carbons (Fsp3) is 0.176. The average molecular weight is 314 g/mol. The third-order valence-corrected chi connectivity index (χ3v) is 3.09. The molecule has 2 aromatic rings. The van der Waals surface area contributed by atoms with Gasteiger partial charge in [0.25, 0.3) is 0 Å². The van der Waals surface area contributed by atoms with Gasteiger partial charge in [-0.25, -0.2) is 4.79 Å². The second kappa shape index (κ2) is 6.83. The van der Waals surface area contributed by atoms with Gasteiger partial charge in [0.1, 0.15) is 0 Å². The van der Waals surface area contributed by atoms with E-state index in [1.165, 1.54) is 50.2 Å². The van der Waals surface area contributed by atoms with Gasteiger partial charge in [0.2, 0.25) is 5.78 Å². The molecule has 1 aromatic heterocycles. The number of Topliss-reactive ketones (excluding diaryl/α,β-unsaturated/α-hetero) is 3. The van der Waals surface area contributed by atoms with Crippen molar-refractivity contribution in [3.63, 3.8) is 0 Å². The van der Waals surface area contributed by atoms with Crippen LogP contribution in [-0.2, 0) is 4.74 Å². The Hall–Kier alpha value is -3.02. The zero-order chi connectivity index (χ0) is 17.0. The molecule has 2 rings (SSSR count). The maximum atomic E-state index is 11.8. The summed E-state index contributed by atoms with van der Waals surface area (Å²) in [6.45, 7) is 2.24. The van der Waals surface area contributed by atoms with Crippen molar-refractivity contribution in [2.45, 2.75) is 13.8 Å². The zero-order valence-electron chi connectivity index (χ0n) is 12.6. The van der Waals surface area contributed by atoms with Crippen LogP contribution >= 0.6 is 0 Å². The number of esters is 1. The van der Waals surface area contributed by atoms with Crippen molar-refractivity contribution in [3.8, 4) is 0 Å². The van der Waals surface area contributed by atoms with Crippen LogP contribution in [0, 0.1) is 0 Å². The molecule has 0 aliphatic carbocycles. The van der Waals surface area contributed by atoms with Gasteiger partial charge < -0.3 is 9.15 Å². The van der Waals surface area contributed by atoms with Gasteiger partial charge >= 0.3 is 5.97 Å². The average Bonchev–Trinajstić information content (AvgIpc) is 3.02. The molecule has 0 atom stereocenters. The highest BCUT2D eigenvalue weighted by Gasteiger charge is 2.16. The fourth-order valence-corrected chi connectivity index (χ4v) is 1.80. The number of ketones is 3. The summed E-state index contributed by atoms with van der Waals surface area (Å²) in [5.74, 6) is -1.63. The Morgan fingerprint density at radius 1 is 0.826 bits per heavy atom. The number of carbonyl (C=O) groups excluding carboxylic acids is 4. The predicted molar refractivity (Wildman–Crippen MR) is 79.8 cm³/mol. The summed E-state index contributed by atoms with van der Waals surface area (Å²) < 4.78 is 9.96. The highest BCUT2D eigenvalue weighted by Crippen LogP contribution is 2.11. The smallest absolute Gasteiger partial charge is 0.338 e. The molecule has 0 spiro atoms. The molecule has 0 fully saturated rings. The predicted octanol–water partition coefficient (Wildman–Crippen LogP) is 2.72. The Balaban J connectivity index is 1.96. The number of carbonyl (C=O) groups is 4.